The van der Waals surface area contributed by atoms with E-state index in [-0.39, 0.29) is 5.91 Å². The van der Waals surface area contributed by atoms with Crippen LogP contribution in [-0.4, -0.2) is 17.5 Å². The number of hydrogen-bond acceptors (Lipinski definition) is 3. The van der Waals surface area contributed by atoms with Crippen molar-refractivity contribution < 1.29 is 9.53 Å². The van der Waals surface area contributed by atoms with Crippen LogP contribution in [0.15, 0.2) is 30.5 Å². The van der Waals surface area contributed by atoms with Crippen molar-refractivity contribution in [2.75, 3.05) is 17.7 Å². The second-order valence-electron chi connectivity index (χ2n) is 4.65. The molecular formula is C15H19N3O2. The third kappa shape index (κ3) is 3.32. The van der Waals surface area contributed by atoms with E-state index in [0.29, 0.717) is 29.4 Å². The predicted octanol–water partition coefficient (Wildman–Crippen LogP) is 2.95. The number of rotatable bonds is 5. The summed E-state index contributed by atoms with van der Waals surface area (Å²) in [5.74, 6) is 0.437. The van der Waals surface area contributed by atoms with E-state index in [1.807, 2.05) is 32.0 Å². The Morgan fingerprint density at radius 2 is 2.20 bits per heavy atom. The summed E-state index contributed by atoms with van der Waals surface area (Å²) in [5, 5.41) is 2.83. The number of nitrogen functional groups attached to an aromatic ring is 1. The van der Waals surface area contributed by atoms with Crippen LogP contribution in [0.4, 0.5) is 11.4 Å². The highest BCUT2D eigenvalue weighted by atomic mass is 16.5. The molecule has 0 fully saturated rings. The zero-order valence-electron chi connectivity index (χ0n) is 11.7. The van der Waals surface area contributed by atoms with Crippen LogP contribution in [-0.2, 0) is 0 Å². The fraction of sp³-hybridized carbons (Fsp3) is 0.267. The molecule has 0 atom stereocenters. The average Bonchev–Trinajstić information content (AvgIpc) is 2.85. The number of carbonyl (C=O) groups excluding carboxylic acids is 1. The Morgan fingerprint density at radius 3 is 2.85 bits per heavy atom. The number of benzene rings is 1. The first kappa shape index (κ1) is 14.0. The van der Waals surface area contributed by atoms with Crippen molar-refractivity contribution >= 4 is 17.3 Å². The molecule has 106 valence electrons. The Hall–Kier alpha value is -2.43. The monoisotopic (exact) mass is 273 g/mol. The fourth-order valence-electron chi connectivity index (χ4n) is 1.80. The second kappa shape index (κ2) is 6.14. The first-order valence-electron chi connectivity index (χ1n) is 6.59. The van der Waals surface area contributed by atoms with Crippen LogP contribution in [0.5, 0.6) is 5.75 Å². The molecule has 0 radical (unpaired) electrons. The lowest BCUT2D eigenvalue weighted by Gasteiger charge is -2.12. The Bertz CT molecular complexity index is 605. The molecule has 0 saturated heterocycles. The molecular weight excluding hydrogens is 254 g/mol. The summed E-state index contributed by atoms with van der Waals surface area (Å²) in [6.45, 7) is 4.63. The Morgan fingerprint density at radius 1 is 1.40 bits per heavy atom. The Kier molecular flexibility index (Phi) is 4.30. The number of aromatic nitrogens is 1. The zero-order valence-corrected chi connectivity index (χ0v) is 11.7. The molecule has 4 N–H and O–H groups in total. The minimum atomic E-state index is -0.244. The first-order chi connectivity index (χ1) is 9.60. The van der Waals surface area contributed by atoms with Crippen LogP contribution in [0, 0.1) is 6.92 Å². The maximum Gasteiger partial charge on any atom is 0.272 e. The number of hydrogen-bond donors (Lipinski definition) is 3. The van der Waals surface area contributed by atoms with Crippen LogP contribution >= 0.6 is 0 Å². The zero-order chi connectivity index (χ0) is 14.5. The fourth-order valence-corrected chi connectivity index (χ4v) is 1.80. The Labute approximate surface area is 118 Å². The minimum absolute atomic E-state index is 0.244. The van der Waals surface area contributed by atoms with E-state index >= 15 is 0 Å². The van der Waals surface area contributed by atoms with Gasteiger partial charge in [-0.15, -0.1) is 0 Å². The van der Waals surface area contributed by atoms with Gasteiger partial charge in [-0.25, -0.2) is 0 Å². The van der Waals surface area contributed by atoms with Crippen LogP contribution in [0.1, 0.15) is 29.4 Å². The number of H-pyrrole nitrogens is 1. The van der Waals surface area contributed by atoms with Gasteiger partial charge in [0.1, 0.15) is 11.4 Å². The number of amides is 1. The van der Waals surface area contributed by atoms with Crippen molar-refractivity contribution in [2.24, 2.45) is 0 Å². The van der Waals surface area contributed by atoms with Gasteiger partial charge in [0.2, 0.25) is 0 Å². The molecule has 0 aliphatic rings. The van der Waals surface area contributed by atoms with Crippen molar-refractivity contribution in [1.29, 1.82) is 0 Å². The van der Waals surface area contributed by atoms with Crippen molar-refractivity contribution in [3.8, 4) is 5.75 Å². The Balaban J connectivity index is 2.17. The lowest BCUT2D eigenvalue weighted by atomic mass is 10.2. The van der Waals surface area contributed by atoms with Gasteiger partial charge in [-0.1, -0.05) is 13.0 Å². The third-order valence-electron chi connectivity index (χ3n) is 2.80. The molecule has 0 aliphatic heterocycles. The molecule has 0 spiro atoms. The van der Waals surface area contributed by atoms with Gasteiger partial charge >= 0.3 is 0 Å². The van der Waals surface area contributed by atoms with Crippen molar-refractivity contribution in [1.82, 2.24) is 4.98 Å². The van der Waals surface area contributed by atoms with E-state index in [0.717, 1.165) is 12.0 Å². The number of aryl methyl sites for hydroxylation is 1. The summed E-state index contributed by atoms with van der Waals surface area (Å²) in [7, 11) is 0. The first-order valence-corrected chi connectivity index (χ1v) is 6.59. The SMILES string of the molecule is CCCOc1cc(C)ccc1NC(=O)c1cc(N)c[nH]1. The topological polar surface area (TPSA) is 80.1 Å². The van der Waals surface area contributed by atoms with E-state index in [1.54, 1.807) is 12.3 Å². The average molecular weight is 273 g/mol. The highest BCUT2D eigenvalue weighted by molar-refractivity contribution is 6.04. The number of aromatic amines is 1. The molecule has 0 bridgehead atoms. The van der Waals surface area contributed by atoms with Crippen LogP contribution in [0.3, 0.4) is 0 Å². The second-order valence-corrected chi connectivity index (χ2v) is 4.65. The highest BCUT2D eigenvalue weighted by Gasteiger charge is 2.11. The van der Waals surface area contributed by atoms with Gasteiger partial charge in [0.25, 0.3) is 5.91 Å². The molecule has 0 aliphatic carbocycles. The summed E-state index contributed by atoms with van der Waals surface area (Å²) >= 11 is 0. The minimum Gasteiger partial charge on any atom is -0.491 e. The smallest absolute Gasteiger partial charge is 0.272 e. The van der Waals surface area contributed by atoms with Gasteiger partial charge in [0, 0.05) is 11.9 Å². The molecule has 1 aromatic carbocycles. The molecule has 2 aromatic rings. The lowest BCUT2D eigenvalue weighted by molar-refractivity contribution is 0.102. The highest BCUT2D eigenvalue weighted by Crippen LogP contribution is 2.26. The van der Waals surface area contributed by atoms with E-state index in [2.05, 4.69) is 10.3 Å². The normalized spacial score (nSPS) is 10.3. The van der Waals surface area contributed by atoms with E-state index in [9.17, 15) is 4.79 Å². The van der Waals surface area contributed by atoms with Crippen molar-refractivity contribution in [3.05, 3.63) is 41.7 Å². The van der Waals surface area contributed by atoms with E-state index in [1.165, 1.54) is 0 Å². The predicted molar refractivity (Wildman–Crippen MR) is 80.1 cm³/mol. The molecule has 1 heterocycles. The number of nitrogens with two attached hydrogens (primary N) is 1. The van der Waals surface area contributed by atoms with Gasteiger partial charge in [0.15, 0.2) is 0 Å². The van der Waals surface area contributed by atoms with Crippen LogP contribution in [0.2, 0.25) is 0 Å². The number of carbonyl (C=O) groups is 1. The largest absolute Gasteiger partial charge is 0.491 e. The van der Waals surface area contributed by atoms with Crippen LogP contribution in [0.25, 0.3) is 0 Å². The summed E-state index contributed by atoms with van der Waals surface area (Å²) in [5.41, 5.74) is 8.28. The number of anilines is 2. The van der Waals surface area contributed by atoms with Gasteiger partial charge < -0.3 is 20.8 Å². The molecule has 1 amide bonds. The summed E-state index contributed by atoms with van der Waals surface area (Å²) in [6.07, 6.45) is 2.49. The molecule has 20 heavy (non-hydrogen) atoms. The molecule has 2 rings (SSSR count). The summed E-state index contributed by atoms with van der Waals surface area (Å²) < 4.78 is 5.66. The van der Waals surface area contributed by atoms with Crippen molar-refractivity contribution in [3.63, 3.8) is 0 Å². The van der Waals surface area contributed by atoms with E-state index < -0.39 is 0 Å². The molecule has 0 unspecified atom stereocenters. The summed E-state index contributed by atoms with van der Waals surface area (Å²) in [4.78, 5) is 14.9. The maximum absolute atomic E-state index is 12.1. The third-order valence-corrected chi connectivity index (χ3v) is 2.80. The van der Waals surface area contributed by atoms with Crippen LogP contribution < -0.4 is 15.8 Å². The standard InChI is InChI=1S/C15H19N3O2/c1-3-6-20-14-7-10(2)4-5-12(14)18-15(19)13-8-11(16)9-17-13/h4-5,7-9,17H,3,6,16H2,1-2H3,(H,18,19). The van der Waals surface area contributed by atoms with Gasteiger partial charge in [-0.05, 0) is 37.1 Å². The van der Waals surface area contributed by atoms with Crippen molar-refractivity contribution in [2.45, 2.75) is 20.3 Å². The quantitative estimate of drug-likeness (QED) is 0.783. The van der Waals surface area contributed by atoms with Gasteiger partial charge in [-0.2, -0.15) is 0 Å². The van der Waals surface area contributed by atoms with Gasteiger partial charge in [0.05, 0.1) is 12.3 Å². The van der Waals surface area contributed by atoms with E-state index in [4.69, 9.17) is 10.5 Å². The maximum atomic E-state index is 12.1. The van der Waals surface area contributed by atoms with Gasteiger partial charge in [-0.3, -0.25) is 4.79 Å². The molecule has 5 nitrogen and oxygen atoms in total. The molecule has 0 saturated carbocycles. The lowest BCUT2D eigenvalue weighted by Crippen LogP contribution is -2.13. The number of ether oxygens (including phenoxy) is 1. The molecule has 1 aromatic heterocycles. The summed E-state index contributed by atoms with van der Waals surface area (Å²) in [6, 6.07) is 7.27. The number of nitrogens with one attached hydrogen (secondary N) is 2. The molecule has 5 heteroatoms.